The van der Waals surface area contributed by atoms with E-state index in [0.717, 1.165) is 21.3 Å². The highest BCUT2D eigenvalue weighted by Crippen LogP contribution is 2.28. The van der Waals surface area contributed by atoms with Crippen LogP contribution < -0.4 is 4.74 Å². The molecule has 0 atom stereocenters. The zero-order chi connectivity index (χ0) is 14.0. The predicted molar refractivity (Wildman–Crippen MR) is 77.3 cm³/mol. The van der Waals surface area contributed by atoms with E-state index in [4.69, 9.17) is 9.84 Å². The first-order valence-corrected chi connectivity index (χ1v) is 6.51. The molecule has 0 fully saturated rings. The number of aromatic carboxylic acids is 1. The number of carbonyl (C=O) groups is 1. The molecule has 0 bridgehead atoms. The van der Waals surface area contributed by atoms with Gasteiger partial charge in [0.1, 0.15) is 17.3 Å². The Labute approximate surface area is 123 Å². The minimum atomic E-state index is -1.19. The smallest absolute Gasteiger partial charge is 0.335 e. The van der Waals surface area contributed by atoms with Crippen LogP contribution in [0.4, 0.5) is 4.39 Å². The van der Waals surface area contributed by atoms with Gasteiger partial charge in [0.15, 0.2) is 0 Å². The molecule has 1 N–H and O–H groups in total. The van der Waals surface area contributed by atoms with E-state index in [0.29, 0.717) is 5.75 Å². The van der Waals surface area contributed by atoms with Gasteiger partial charge >= 0.3 is 5.97 Å². The van der Waals surface area contributed by atoms with E-state index < -0.39 is 11.8 Å². The maximum Gasteiger partial charge on any atom is 0.335 e. The van der Waals surface area contributed by atoms with Crippen LogP contribution >= 0.6 is 22.6 Å². The van der Waals surface area contributed by atoms with Crippen LogP contribution in [0.1, 0.15) is 15.9 Å². The lowest BCUT2D eigenvalue weighted by atomic mass is 10.2. The van der Waals surface area contributed by atoms with Gasteiger partial charge < -0.3 is 9.84 Å². The molecular formula is C14H10FIO3. The molecule has 3 nitrogen and oxygen atoms in total. The number of hydrogen-bond acceptors (Lipinski definition) is 2. The summed E-state index contributed by atoms with van der Waals surface area (Å²) in [6.07, 6.45) is 0. The fourth-order valence-corrected chi connectivity index (χ4v) is 2.01. The van der Waals surface area contributed by atoms with Crippen molar-refractivity contribution in [3.8, 4) is 11.5 Å². The van der Waals surface area contributed by atoms with Crippen LogP contribution in [0.25, 0.3) is 0 Å². The molecule has 0 saturated carbocycles. The van der Waals surface area contributed by atoms with Crippen LogP contribution in [0.2, 0.25) is 0 Å². The molecule has 2 aromatic rings. The molecule has 0 spiro atoms. The van der Waals surface area contributed by atoms with Crippen LogP contribution in [0.15, 0.2) is 36.4 Å². The van der Waals surface area contributed by atoms with E-state index in [2.05, 4.69) is 22.6 Å². The second-order valence-electron chi connectivity index (χ2n) is 4.02. The molecule has 5 heteroatoms. The topological polar surface area (TPSA) is 46.5 Å². The number of halogens is 2. The van der Waals surface area contributed by atoms with Gasteiger partial charge in [0, 0.05) is 6.07 Å². The summed E-state index contributed by atoms with van der Waals surface area (Å²) >= 11 is 2.10. The zero-order valence-corrected chi connectivity index (χ0v) is 12.1. The highest BCUT2D eigenvalue weighted by molar-refractivity contribution is 14.1. The number of benzene rings is 2. The fourth-order valence-electron chi connectivity index (χ4n) is 1.56. The fraction of sp³-hybridized carbons (Fsp3) is 0.0714. The summed E-state index contributed by atoms with van der Waals surface area (Å²) in [5.74, 6) is -1.09. The Morgan fingerprint density at radius 1 is 1.26 bits per heavy atom. The van der Waals surface area contributed by atoms with Gasteiger partial charge in [-0.2, -0.15) is 0 Å². The van der Waals surface area contributed by atoms with Crippen LogP contribution in [0.3, 0.4) is 0 Å². The van der Waals surface area contributed by atoms with Gasteiger partial charge in [0.25, 0.3) is 0 Å². The maximum atomic E-state index is 13.3. The van der Waals surface area contributed by atoms with Crippen LogP contribution in [0, 0.1) is 16.3 Å². The Morgan fingerprint density at radius 2 is 2.00 bits per heavy atom. The molecule has 0 radical (unpaired) electrons. The first-order chi connectivity index (χ1) is 8.95. The molecule has 2 rings (SSSR count). The van der Waals surface area contributed by atoms with Gasteiger partial charge in [-0.15, -0.1) is 0 Å². The third-order valence-corrected chi connectivity index (χ3v) is 3.32. The average Bonchev–Trinajstić information content (AvgIpc) is 2.33. The molecule has 0 aliphatic rings. The van der Waals surface area contributed by atoms with Crippen molar-refractivity contribution in [3.63, 3.8) is 0 Å². The summed E-state index contributed by atoms with van der Waals surface area (Å²) in [4.78, 5) is 10.9. The van der Waals surface area contributed by atoms with E-state index in [1.165, 1.54) is 6.07 Å². The van der Waals surface area contributed by atoms with Crippen LogP contribution in [-0.4, -0.2) is 11.1 Å². The van der Waals surface area contributed by atoms with E-state index in [9.17, 15) is 9.18 Å². The summed E-state index contributed by atoms with van der Waals surface area (Å²) in [7, 11) is 0. The average molecular weight is 372 g/mol. The van der Waals surface area contributed by atoms with Crippen molar-refractivity contribution in [2.24, 2.45) is 0 Å². The summed E-state index contributed by atoms with van der Waals surface area (Å²) < 4.78 is 19.7. The van der Waals surface area contributed by atoms with Gasteiger partial charge in [-0.1, -0.05) is 6.07 Å². The number of hydrogen-bond donors (Lipinski definition) is 1. The van der Waals surface area contributed by atoms with Crippen molar-refractivity contribution in [2.45, 2.75) is 6.92 Å². The largest absolute Gasteiger partial charge is 0.478 e. The highest BCUT2D eigenvalue weighted by atomic mass is 127. The zero-order valence-electron chi connectivity index (χ0n) is 9.98. The molecule has 0 unspecified atom stereocenters. The van der Waals surface area contributed by atoms with Gasteiger partial charge in [0.2, 0.25) is 0 Å². The molecule has 0 aliphatic carbocycles. The lowest BCUT2D eigenvalue weighted by Crippen LogP contribution is -1.98. The molecule has 19 heavy (non-hydrogen) atoms. The van der Waals surface area contributed by atoms with E-state index >= 15 is 0 Å². The normalized spacial score (nSPS) is 10.3. The van der Waals surface area contributed by atoms with Crippen molar-refractivity contribution in [1.82, 2.24) is 0 Å². The van der Waals surface area contributed by atoms with Gasteiger partial charge in [-0.05, 0) is 59.3 Å². The quantitative estimate of drug-likeness (QED) is 0.821. The number of carboxylic acids is 1. The maximum absolute atomic E-state index is 13.3. The Bertz CT molecular complexity index is 641. The van der Waals surface area contributed by atoms with Crippen LogP contribution in [0.5, 0.6) is 11.5 Å². The first-order valence-electron chi connectivity index (χ1n) is 5.43. The number of rotatable bonds is 3. The Hall–Kier alpha value is -1.63. The van der Waals surface area contributed by atoms with Crippen LogP contribution in [-0.2, 0) is 0 Å². The van der Waals surface area contributed by atoms with E-state index in [1.54, 1.807) is 0 Å². The number of aryl methyl sites for hydroxylation is 1. The van der Waals surface area contributed by atoms with E-state index in [1.807, 2.05) is 25.1 Å². The van der Waals surface area contributed by atoms with Gasteiger partial charge in [0.05, 0.1) is 9.13 Å². The first kappa shape index (κ1) is 13.8. The molecule has 2 aromatic carbocycles. The molecule has 0 amide bonds. The lowest BCUT2D eigenvalue weighted by Gasteiger charge is -2.09. The minimum Gasteiger partial charge on any atom is -0.478 e. The van der Waals surface area contributed by atoms with E-state index in [-0.39, 0.29) is 11.3 Å². The van der Waals surface area contributed by atoms with Crippen molar-refractivity contribution in [3.05, 3.63) is 56.9 Å². The lowest BCUT2D eigenvalue weighted by molar-refractivity contribution is 0.0696. The summed E-state index contributed by atoms with van der Waals surface area (Å²) in [5, 5.41) is 8.87. The Morgan fingerprint density at radius 3 is 2.68 bits per heavy atom. The molecule has 0 heterocycles. The SMILES string of the molecule is Cc1ccc(I)c(Oc2cc(F)cc(C(=O)O)c2)c1. The van der Waals surface area contributed by atoms with Gasteiger partial charge in [-0.3, -0.25) is 0 Å². The van der Waals surface area contributed by atoms with Crippen molar-refractivity contribution in [2.75, 3.05) is 0 Å². The number of carboxylic acid groups (broad SMARTS) is 1. The summed E-state index contributed by atoms with van der Waals surface area (Å²) in [6, 6.07) is 9.03. The third-order valence-electron chi connectivity index (χ3n) is 2.43. The standard InChI is InChI=1S/C14H10FIO3/c1-8-2-3-12(16)13(4-8)19-11-6-9(14(17)18)5-10(15)7-11/h2-7H,1H3,(H,17,18). The molecule has 98 valence electrons. The summed E-state index contributed by atoms with van der Waals surface area (Å²) in [6.45, 7) is 1.91. The van der Waals surface area contributed by atoms with Gasteiger partial charge in [-0.25, -0.2) is 9.18 Å². The Balaban J connectivity index is 2.38. The van der Waals surface area contributed by atoms with Crippen molar-refractivity contribution in [1.29, 1.82) is 0 Å². The minimum absolute atomic E-state index is 0.141. The molecule has 0 aliphatic heterocycles. The Kier molecular flexibility index (Phi) is 4.04. The summed E-state index contributed by atoms with van der Waals surface area (Å²) in [5.41, 5.74) is 0.864. The highest BCUT2D eigenvalue weighted by Gasteiger charge is 2.10. The monoisotopic (exact) mass is 372 g/mol. The second-order valence-corrected chi connectivity index (χ2v) is 5.18. The predicted octanol–water partition coefficient (Wildman–Crippen LogP) is 4.23. The molecule has 0 aromatic heterocycles. The number of ether oxygens (including phenoxy) is 1. The van der Waals surface area contributed by atoms with Crippen molar-refractivity contribution < 1.29 is 19.0 Å². The molecule has 0 saturated heterocycles. The second kappa shape index (κ2) is 5.56. The molecular weight excluding hydrogens is 362 g/mol. The third kappa shape index (κ3) is 3.44. The van der Waals surface area contributed by atoms with Crippen molar-refractivity contribution >= 4 is 28.6 Å².